The second kappa shape index (κ2) is 5.98. The first-order valence-electron chi connectivity index (χ1n) is 7.46. The molecule has 0 radical (unpaired) electrons. The molecule has 0 aromatic carbocycles. The highest BCUT2D eigenvalue weighted by Crippen LogP contribution is 2.28. The number of aromatic nitrogens is 2. The monoisotopic (exact) mass is 278 g/mol. The highest BCUT2D eigenvalue weighted by atomic mass is 15.1. The zero-order chi connectivity index (χ0) is 15.6. The van der Waals surface area contributed by atoms with E-state index in [2.05, 4.69) is 64.1 Å². The van der Waals surface area contributed by atoms with Gasteiger partial charge in [-0.3, -0.25) is 0 Å². The van der Waals surface area contributed by atoms with E-state index in [9.17, 15) is 0 Å². The first-order valence-corrected chi connectivity index (χ1v) is 7.46. The molecule has 0 saturated carbocycles. The number of nitrogens with zero attached hydrogens (tertiary/aromatic N) is 2. The molecule has 0 aliphatic carbocycles. The SMILES string of the molecule is CCCC(C)(C)Nc1nc(C(C)(C)C)nc(NC)c1C. The summed E-state index contributed by atoms with van der Waals surface area (Å²) in [6, 6.07) is 0. The predicted octanol–water partition coefficient (Wildman–Crippen LogP) is 4.11. The Bertz CT molecular complexity index is 458. The Morgan fingerprint density at radius 1 is 1.00 bits per heavy atom. The van der Waals surface area contributed by atoms with Gasteiger partial charge in [0, 0.05) is 23.6 Å². The molecule has 1 heterocycles. The summed E-state index contributed by atoms with van der Waals surface area (Å²) in [4.78, 5) is 9.39. The molecule has 114 valence electrons. The van der Waals surface area contributed by atoms with Gasteiger partial charge in [-0.1, -0.05) is 34.1 Å². The summed E-state index contributed by atoms with van der Waals surface area (Å²) >= 11 is 0. The van der Waals surface area contributed by atoms with E-state index in [0.29, 0.717) is 0 Å². The lowest BCUT2D eigenvalue weighted by Gasteiger charge is -2.29. The van der Waals surface area contributed by atoms with Gasteiger partial charge in [0.25, 0.3) is 0 Å². The standard InChI is InChI=1S/C16H30N4/c1-9-10-16(6,7)20-13-11(2)12(17-8)18-14(19-13)15(3,4)5/h9-10H2,1-8H3,(H2,17,18,19,20). The molecular formula is C16H30N4. The highest BCUT2D eigenvalue weighted by Gasteiger charge is 2.24. The normalized spacial score (nSPS) is 12.4. The van der Waals surface area contributed by atoms with E-state index in [1.54, 1.807) is 0 Å². The zero-order valence-electron chi connectivity index (χ0n) is 14.3. The Kier molecular flexibility index (Phi) is 5.00. The van der Waals surface area contributed by atoms with Crippen LogP contribution in [0, 0.1) is 6.92 Å². The molecule has 0 unspecified atom stereocenters. The summed E-state index contributed by atoms with van der Waals surface area (Å²) in [7, 11) is 1.91. The summed E-state index contributed by atoms with van der Waals surface area (Å²) in [5.41, 5.74) is 1.04. The third kappa shape index (κ3) is 4.09. The van der Waals surface area contributed by atoms with Crippen LogP contribution < -0.4 is 10.6 Å². The van der Waals surface area contributed by atoms with Gasteiger partial charge in [0.05, 0.1) is 0 Å². The molecule has 0 bridgehead atoms. The number of anilines is 2. The fourth-order valence-corrected chi connectivity index (χ4v) is 2.23. The lowest BCUT2D eigenvalue weighted by Crippen LogP contribution is -2.32. The van der Waals surface area contributed by atoms with Crippen molar-refractivity contribution in [1.82, 2.24) is 9.97 Å². The molecule has 4 nitrogen and oxygen atoms in total. The minimum Gasteiger partial charge on any atom is -0.373 e. The summed E-state index contributed by atoms with van der Waals surface area (Å²) < 4.78 is 0. The average molecular weight is 278 g/mol. The summed E-state index contributed by atoms with van der Waals surface area (Å²) in [5.74, 6) is 2.70. The van der Waals surface area contributed by atoms with Crippen molar-refractivity contribution in [2.24, 2.45) is 0 Å². The van der Waals surface area contributed by atoms with Crippen LogP contribution in [0.4, 0.5) is 11.6 Å². The second-order valence-electron chi connectivity index (χ2n) is 7.13. The lowest BCUT2D eigenvalue weighted by molar-refractivity contribution is 0.504. The minimum absolute atomic E-state index is 0.0357. The van der Waals surface area contributed by atoms with Gasteiger partial charge in [-0.2, -0.15) is 0 Å². The van der Waals surface area contributed by atoms with Crippen LogP contribution >= 0.6 is 0 Å². The Balaban J connectivity index is 3.24. The Labute approximate surface area is 123 Å². The molecule has 0 spiro atoms. The van der Waals surface area contributed by atoms with Gasteiger partial charge in [0.1, 0.15) is 17.5 Å². The number of hydrogen-bond acceptors (Lipinski definition) is 4. The van der Waals surface area contributed by atoms with Gasteiger partial charge < -0.3 is 10.6 Å². The topological polar surface area (TPSA) is 49.8 Å². The van der Waals surface area contributed by atoms with Crippen molar-refractivity contribution in [3.8, 4) is 0 Å². The van der Waals surface area contributed by atoms with Gasteiger partial charge in [-0.25, -0.2) is 9.97 Å². The Morgan fingerprint density at radius 3 is 2.00 bits per heavy atom. The van der Waals surface area contributed by atoms with Crippen molar-refractivity contribution >= 4 is 11.6 Å². The van der Waals surface area contributed by atoms with Crippen LogP contribution in [-0.2, 0) is 5.41 Å². The van der Waals surface area contributed by atoms with Crippen molar-refractivity contribution in [2.45, 2.75) is 72.3 Å². The molecule has 0 aliphatic rings. The first kappa shape index (κ1) is 16.7. The molecule has 1 rings (SSSR count). The van der Waals surface area contributed by atoms with Crippen LogP contribution in [0.5, 0.6) is 0 Å². The largest absolute Gasteiger partial charge is 0.373 e. The van der Waals surface area contributed by atoms with Gasteiger partial charge in [0.2, 0.25) is 0 Å². The van der Waals surface area contributed by atoms with Crippen molar-refractivity contribution < 1.29 is 0 Å². The smallest absolute Gasteiger partial charge is 0.138 e. The maximum atomic E-state index is 4.76. The molecule has 4 heteroatoms. The first-order chi connectivity index (χ1) is 9.10. The maximum Gasteiger partial charge on any atom is 0.138 e. The van der Waals surface area contributed by atoms with E-state index in [1.807, 2.05) is 7.05 Å². The second-order valence-corrected chi connectivity index (χ2v) is 7.13. The van der Waals surface area contributed by atoms with Crippen LogP contribution in [0.25, 0.3) is 0 Å². The van der Waals surface area contributed by atoms with Crippen molar-refractivity contribution in [2.75, 3.05) is 17.7 Å². The van der Waals surface area contributed by atoms with Gasteiger partial charge >= 0.3 is 0 Å². The van der Waals surface area contributed by atoms with Crippen LogP contribution in [0.1, 0.15) is 65.8 Å². The van der Waals surface area contributed by atoms with Gasteiger partial charge in [-0.05, 0) is 27.2 Å². The molecule has 0 atom stereocenters. The summed E-state index contributed by atoms with van der Waals surface area (Å²) in [6.07, 6.45) is 2.26. The summed E-state index contributed by atoms with van der Waals surface area (Å²) in [6.45, 7) is 15.1. The maximum absolute atomic E-state index is 4.76. The molecule has 2 N–H and O–H groups in total. The highest BCUT2D eigenvalue weighted by molar-refractivity contribution is 5.58. The van der Waals surface area contributed by atoms with E-state index in [-0.39, 0.29) is 11.0 Å². The minimum atomic E-state index is -0.0649. The fraction of sp³-hybridized carbons (Fsp3) is 0.750. The van der Waals surface area contributed by atoms with Crippen LogP contribution in [0.15, 0.2) is 0 Å². The van der Waals surface area contributed by atoms with E-state index < -0.39 is 0 Å². The third-order valence-electron chi connectivity index (χ3n) is 3.39. The van der Waals surface area contributed by atoms with Crippen LogP contribution in [0.2, 0.25) is 0 Å². The summed E-state index contributed by atoms with van der Waals surface area (Å²) in [5, 5.41) is 6.76. The van der Waals surface area contributed by atoms with Crippen LogP contribution in [-0.4, -0.2) is 22.6 Å². The predicted molar refractivity (Wildman–Crippen MR) is 87.6 cm³/mol. The Morgan fingerprint density at radius 2 is 1.55 bits per heavy atom. The molecule has 0 fully saturated rings. The van der Waals surface area contributed by atoms with Crippen LogP contribution in [0.3, 0.4) is 0 Å². The van der Waals surface area contributed by atoms with Gasteiger partial charge in [-0.15, -0.1) is 0 Å². The fourth-order valence-electron chi connectivity index (χ4n) is 2.23. The Hall–Kier alpha value is -1.32. The van der Waals surface area contributed by atoms with E-state index in [0.717, 1.165) is 35.9 Å². The quantitative estimate of drug-likeness (QED) is 0.851. The molecule has 1 aromatic rings. The van der Waals surface area contributed by atoms with Gasteiger partial charge in [0.15, 0.2) is 0 Å². The lowest BCUT2D eigenvalue weighted by atomic mass is 9.95. The van der Waals surface area contributed by atoms with Crippen molar-refractivity contribution in [1.29, 1.82) is 0 Å². The van der Waals surface area contributed by atoms with E-state index in [1.165, 1.54) is 0 Å². The third-order valence-corrected chi connectivity index (χ3v) is 3.39. The molecule has 0 amide bonds. The van der Waals surface area contributed by atoms with Crippen molar-refractivity contribution in [3.63, 3.8) is 0 Å². The van der Waals surface area contributed by atoms with E-state index >= 15 is 0 Å². The molecule has 0 saturated heterocycles. The number of rotatable bonds is 5. The van der Waals surface area contributed by atoms with E-state index in [4.69, 9.17) is 4.98 Å². The number of nitrogens with one attached hydrogen (secondary N) is 2. The molecular weight excluding hydrogens is 248 g/mol. The average Bonchev–Trinajstić information content (AvgIpc) is 2.29. The zero-order valence-corrected chi connectivity index (χ0v) is 14.3. The van der Waals surface area contributed by atoms with Crippen molar-refractivity contribution in [3.05, 3.63) is 11.4 Å². The molecule has 1 aromatic heterocycles. The molecule has 20 heavy (non-hydrogen) atoms. The number of hydrogen-bond donors (Lipinski definition) is 2. The molecule has 0 aliphatic heterocycles.